The number of hydrogen-bond acceptors (Lipinski definition) is 4. The van der Waals surface area contributed by atoms with Crippen molar-refractivity contribution in [2.75, 3.05) is 17.7 Å². The zero-order valence-corrected chi connectivity index (χ0v) is 17.1. The van der Waals surface area contributed by atoms with Gasteiger partial charge in [0.2, 0.25) is 0 Å². The van der Waals surface area contributed by atoms with Crippen LogP contribution >= 0.6 is 0 Å². The Hall–Kier alpha value is -4.07. The van der Waals surface area contributed by atoms with Crippen molar-refractivity contribution < 1.29 is 9.53 Å². The van der Waals surface area contributed by atoms with Gasteiger partial charge in [0, 0.05) is 23.5 Å². The number of ether oxygens (including phenoxy) is 1. The van der Waals surface area contributed by atoms with E-state index in [2.05, 4.69) is 25.9 Å². The van der Waals surface area contributed by atoms with Crippen LogP contribution in [0.2, 0.25) is 0 Å². The fraction of sp³-hybridized carbons (Fsp3) is 0.174. The monoisotopic (exact) mass is 416 g/mol. The summed E-state index contributed by atoms with van der Waals surface area (Å²) in [6.45, 7) is 0. The molecule has 0 atom stereocenters. The number of benzene rings is 2. The summed E-state index contributed by atoms with van der Waals surface area (Å²) >= 11 is 0. The molecule has 1 aliphatic carbocycles. The van der Waals surface area contributed by atoms with Gasteiger partial charge < -0.3 is 26.4 Å². The Labute approximate surface area is 180 Å². The molecule has 1 fully saturated rings. The van der Waals surface area contributed by atoms with Gasteiger partial charge in [-0.05, 0) is 54.8 Å². The molecule has 31 heavy (non-hydrogen) atoms. The summed E-state index contributed by atoms with van der Waals surface area (Å²) in [6, 6.07) is 18.9. The quantitative estimate of drug-likeness (QED) is 0.357. The standard InChI is InChI=1S/C23H24N6O2/c1-31-20-8-3-2-7-19(20)28-22(24)29-21-12-9-16(14-25-21)15-5-4-6-18(13-15)27-23(30)26-17-10-11-17/h2-9,12-14,17H,10-11H2,1H3,(H2,26,27,30)(H3,24,25,28,29). The average Bonchev–Trinajstić information content (AvgIpc) is 3.58. The van der Waals surface area contributed by atoms with Crippen LogP contribution in [0.15, 0.2) is 71.9 Å². The first-order valence-corrected chi connectivity index (χ1v) is 9.99. The van der Waals surface area contributed by atoms with Crippen molar-refractivity contribution in [1.29, 1.82) is 0 Å². The van der Waals surface area contributed by atoms with Gasteiger partial charge in [0.25, 0.3) is 0 Å². The number of carbonyl (C=O) groups excluding carboxylic acids is 1. The molecule has 1 heterocycles. The molecule has 0 spiro atoms. The fourth-order valence-electron chi connectivity index (χ4n) is 3.02. The maximum absolute atomic E-state index is 12.0. The van der Waals surface area contributed by atoms with Gasteiger partial charge in [-0.1, -0.05) is 24.3 Å². The fourth-order valence-corrected chi connectivity index (χ4v) is 3.02. The van der Waals surface area contributed by atoms with Crippen molar-refractivity contribution in [3.8, 4) is 16.9 Å². The van der Waals surface area contributed by atoms with Crippen molar-refractivity contribution in [3.63, 3.8) is 0 Å². The van der Waals surface area contributed by atoms with E-state index in [1.54, 1.807) is 19.4 Å². The minimum absolute atomic E-state index is 0.180. The van der Waals surface area contributed by atoms with Crippen LogP contribution in [0.5, 0.6) is 5.75 Å². The molecule has 4 rings (SSSR count). The molecule has 0 radical (unpaired) electrons. The number of methoxy groups -OCH3 is 1. The second kappa shape index (κ2) is 9.17. The normalized spacial score (nSPS) is 13.4. The first kappa shape index (κ1) is 20.2. The number of aliphatic imine (C=N–C) groups is 1. The number of hydrogen-bond donors (Lipinski definition) is 4. The molecule has 5 N–H and O–H groups in total. The van der Waals surface area contributed by atoms with Gasteiger partial charge >= 0.3 is 6.03 Å². The van der Waals surface area contributed by atoms with E-state index in [1.807, 2.05) is 54.6 Å². The molecule has 158 valence electrons. The first-order valence-electron chi connectivity index (χ1n) is 9.99. The van der Waals surface area contributed by atoms with Crippen molar-refractivity contribution >= 4 is 29.2 Å². The SMILES string of the molecule is COc1ccccc1NC(N)=Nc1ccc(-c2cccc(NC(=O)NC3CC3)c2)cn1. The molecule has 8 nitrogen and oxygen atoms in total. The minimum atomic E-state index is -0.180. The van der Waals surface area contributed by atoms with Gasteiger partial charge in [-0.25, -0.2) is 9.78 Å². The molecule has 2 aromatic carbocycles. The Bertz CT molecular complexity index is 1090. The van der Waals surface area contributed by atoms with E-state index < -0.39 is 0 Å². The molecule has 8 heteroatoms. The number of nitrogens with one attached hydrogen (secondary N) is 3. The Kier molecular flexibility index (Phi) is 5.98. The molecule has 1 aromatic heterocycles. The van der Waals surface area contributed by atoms with Gasteiger partial charge in [0.05, 0.1) is 12.8 Å². The van der Waals surface area contributed by atoms with Gasteiger partial charge in [-0.2, -0.15) is 4.99 Å². The predicted molar refractivity (Wildman–Crippen MR) is 123 cm³/mol. The topological polar surface area (TPSA) is 114 Å². The highest BCUT2D eigenvalue weighted by Gasteiger charge is 2.23. The summed E-state index contributed by atoms with van der Waals surface area (Å²) in [5, 5.41) is 8.79. The smallest absolute Gasteiger partial charge is 0.319 e. The van der Waals surface area contributed by atoms with E-state index >= 15 is 0 Å². The third kappa shape index (κ3) is 5.51. The average molecular weight is 416 g/mol. The maximum atomic E-state index is 12.0. The van der Waals surface area contributed by atoms with Crippen molar-refractivity contribution in [1.82, 2.24) is 10.3 Å². The molecule has 1 saturated carbocycles. The molecule has 2 amide bonds. The number of anilines is 2. The molecular weight excluding hydrogens is 392 g/mol. The summed E-state index contributed by atoms with van der Waals surface area (Å²) in [4.78, 5) is 20.6. The summed E-state index contributed by atoms with van der Waals surface area (Å²) in [7, 11) is 1.60. The number of nitrogens with zero attached hydrogens (tertiary/aromatic N) is 2. The summed E-state index contributed by atoms with van der Waals surface area (Å²) in [5.41, 5.74) is 9.30. The number of nitrogens with two attached hydrogens (primary N) is 1. The van der Waals surface area contributed by atoms with Crippen molar-refractivity contribution in [3.05, 3.63) is 66.9 Å². The van der Waals surface area contributed by atoms with E-state index in [-0.39, 0.29) is 12.0 Å². The van der Waals surface area contributed by atoms with E-state index in [0.717, 1.165) is 35.3 Å². The predicted octanol–water partition coefficient (Wildman–Crippen LogP) is 4.10. The highest BCUT2D eigenvalue weighted by atomic mass is 16.5. The van der Waals surface area contributed by atoms with Crippen molar-refractivity contribution in [2.45, 2.75) is 18.9 Å². The van der Waals surface area contributed by atoms with Crippen molar-refractivity contribution in [2.24, 2.45) is 10.7 Å². The maximum Gasteiger partial charge on any atom is 0.319 e. The Balaban J connectivity index is 1.43. The lowest BCUT2D eigenvalue weighted by atomic mass is 10.1. The first-order chi connectivity index (χ1) is 15.1. The summed E-state index contributed by atoms with van der Waals surface area (Å²) in [6.07, 6.45) is 3.82. The lowest BCUT2D eigenvalue weighted by Crippen LogP contribution is -2.30. The van der Waals surface area contributed by atoms with E-state index in [0.29, 0.717) is 17.6 Å². The molecule has 0 saturated heterocycles. The number of para-hydroxylation sites is 2. The van der Waals surface area contributed by atoms with E-state index in [4.69, 9.17) is 10.5 Å². The number of urea groups is 1. The number of guanidine groups is 1. The zero-order chi connectivity index (χ0) is 21.6. The third-order valence-corrected chi connectivity index (χ3v) is 4.72. The van der Waals surface area contributed by atoms with Crippen LogP contribution in [0.4, 0.5) is 22.0 Å². The number of rotatable bonds is 6. The molecule has 0 bridgehead atoms. The number of carbonyl (C=O) groups is 1. The molecule has 0 unspecified atom stereocenters. The number of pyridine rings is 1. The number of aromatic nitrogens is 1. The van der Waals surface area contributed by atoms with Gasteiger partial charge in [-0.15, -0.1) is 0 Å². The van der Waals surface area contributed by atoms with Crippen LogP contribution in [-0.4, -0.2) is 30.1 Å². The molecule has 3 aromatic rings. The van der Waals surface area contributed by atoms with Crippen LogP contribution in [0.25, 0.3) is 11.1 Å². The Morgan fingerprint density at radius 3 is 2.65 bits per heavy atom. The lowest BCUT2D eigenvalue weighted by Gasteiger charge is -2.10. The van der Waals surface area contributed by atoms with E-state index in [9.17, 15) is 4.79 Å². The molecular formula is C23H24N6O2. The summed E-state index contributed by atoms with van der Waals surface area (Å²) < 4.78 is 5.30. The van der Waals surface area contributed by atoms with Crippen LogP contribution in [0.3, 0.4) is 0 Å². The third-order valence-electron chi connectivity index (χ3n) is 4.72. The van der Waals surface area contributed by atoms with Crippen LogP contribution < -0.4 is 26.4 Å². The van der Waals surface area contributed by atoms with Crippen LogP contribution in [0.1, 0.15) is 12.8 Å². The highest BCUT2D eigenvalue weighted by molar-refractivity contribution is 5.95. The lowest BCUT2D eigenvalue weighted by molar-refractivity contribution is 0.251. The van der Waals surface area contributed by atoms with Gasteiger partial charge in [0.15, 0.2) is 11.8 Å². The van der Waals surface area contributed by atoms with Crippen LogP contribution in [-0.2, 0) is 0 Å². The molecule has 1 aliphatic rings. The zero-order valence-electron chi connectivity index (χ0n) is 17.1. The van der Waals surface area contributed by atoms with E-state index in [1.165, 1.54) is 0 Å². The second-order valence-electron chi connectivity index (χ2n) is 7.18. The second-order valence-corrected chi connectivity index (χ2v) is 7.18. The minimum Gasteiger partial charge on any atom is -0.495 e. The largest absolute Gasteiger partial charge is 0.495 e. The molecule has 0 aliphatic heterocycles. The Morgan fingerprint density at radius 1 is 1.06 bits per heavy atom. The Morgan fingerprint density at radius 2 is 1.90 bits per heavy atom. The highest BCUT2D eigenvalue weighted by Crippen LogP contribution is 2.25. The number of amides is 2. The van der Waals surface area contributed by atoms with Gasteiger partial charge in [0.1, 0.15) is 5.75 Å². The summed E-state index contributed by atoms with van der Waals surface area (Å²) in [5.74, 6) is 1.35. The van der Waals surface area contributed by atoms with Crippen LogP contribution in [0, 0.1) is 0 Å². The van der Waals surface area contributed by atoms with Gasteiger partial charge in [-0.3, -0.25) is 0 Å².